The number of anilines is 2. The molecule has 0 unspecified atom stereocenters. The zero-order chi connectivity index (χ0) is 26.7. The zero-order valence-corrected chi connectivity index (χ0v) is 21.4. The van der Waals surface area contributed by atoms with E-state index in [0.29, 0.717) is 19.0 Å². The Bertz CT molecular complexity index is 1230. The number of carbonyl (C=O) groups is 1. The summed E-state index contributed by atoms with van der Waals surface area (Å²) < 4.78 is 72.7. The van der Waals surface area contributed by atoms with E-state index in [4.69, 9.17) is 16.3 Å². The van der Waals surface area contributed by atoms with E-state index in [1.807, 2.05) is 0 Å². The molecule has 1 heterocycles. The van der Waals surface area contributed by atoms with Crippen LogP contribution in [0, 0.1) is 5.92 Å². The fourth-order valence-electron chi connectivity index (χ4n) is 4.25. The number of carbonyl (C=O) groups excluding carboxylic acids is 1. The van der Waals surface area contributed by atoms with Crippen LogP contribution in [0.25, 0.3) is 0 Å². The van der Waals surface area contributed by atoms with Crippen LogP contribution < -0.4 is 20.1 Å². The van der Waals surface area contributed by atoms with Gasteiger partial charge in [-0.3, -0.25) is 4.79 Å². The number of aromatic nitrogens is 2. The van der Waals surface area contributed by atoms with Gasteiger partial charge in [0.2, 0.25) is 16.0 Å². The van der Waals surface area contributed by atoms with Gasteiger partial charge in [0, 0.05) is 19.3 Å². The Morgan fingerprint density at radius 3 is 2.56 bits per heavy atom. The summed E-state index contributed by atoms with van der Waals surface area (Å²) in [6, 6.07) is 2.29. The van der Waals surface area contributed by atoms with Crippen LogP contribution in [0.4, 0.5) is 24.8 Å². The number of hydrogen-bond acceptors (Lipinski definition) is 7. The molecule has 2 aromatic rings. The van der Waals surface area contributed by atoms with Crippen LogP contribution in [0.2, 0.25) is 5.02 Å². The Hall–Kier alpha value is -2.64. The van der Waals surface area contributed by atoms with Crippen molar-refractivity contribution in [3.63, 3.8) is 0 Å². The first-order chi connectivity index (χ1) is 16.8. The molecule has 1 saturated carbocycles. The van der Waals surface area contributed by atoms with Gasteiger partial charge in [0.05, 0.1) is 40.9 Å². The number of nitrogens with zero attached hydrogens (tertiary/aromatic N) is 2. The lowest BCUT2D eigenvalue weighted by molar-refractivity contribution is -0.138. The Morgan fingerprint density at radius 1 is 1.25 bits per heavy atom. The lowest BCUT2D eigenvalue weighted by Crippen LogP contribution is -2.42. The molecule has 1 aromatic heterocycles. The molecule has 0 aliphatic heterocycles. The third-order valence-corrected chi connectivity index (χ3v) is 6.95. The van der Waals surface area contributed by atoms with Crippen LogP contribution in [0.15, 0.2) is 18.3 Å². The Labute approximate surface area is 212 Å². The van der Waals surface area contributed by atoms with Crippen molar-refractivity contribution in [1.82, 2.24) is 20.0 Å². The van der Waals surface area contributed by atoms with Gasteiger partial charge in [0.25, 0.3) is 5.91 Å². The maximum Gasteiger partial charge on any atom is 0.419 e. The molecule has 0 bridgehead atoms. The fraction of sp³-hybridized carbons (Fsp3) is 0.500. The topological polar surface area (TPSA) is 122 Å². The van der Waals surface area contributed by atoms with Gasteiger partial charge in [-0.2, -0.15) is 13.2 Å². The largest absolute Gasteiger partial charge is 0.495 e. The second-order valence-electron chi connectivity index (χ2n) is 8.53. The number of ether oxygens (including phenoxy) is 1. The van der Waals surface area contributed by atoms with E-state index in [0.717, 1.165) is 19.1 Å². The lowest BCUT2D eigenvalue weighted by Gasteiger charge is -2.32. The molecular formula is C22H27ClF3N5O4S. The van der Waals surface area contributed by atoms with Gasteiger partial charge in [-0.25, -0.2) is 23.1 Å². The lowest BCUT2D eigenvalue weighted by atomic mass is 9.81. The Kier molecular flexibility index (Phi) is 8.67. The van der Waals surface area contributed by atoms with E-state index in [2.05, 4.69) is 25.3 Å². The van der Waals surface area contributed by atoms with E-state index in [-0.39, 0.29) is 46.0 Å². The maximum absolute atomic E-state index is 13.8. The molecule has 1 aliphatic rings. The average molecular weight is 550 g/mol. The van der Waals surface area contributed by atoms with E-state index in [1.54, 1.807) is 0 Å². The quantitative estimate of drug-likeness (QED) is 0.456. The monoisotopic (exact) mass is 549 g/mol. The normalized spacial score (nSPS) is 18.5. The highest BCUT2D eigenvalue weighted by atomic mass is 35.5. The van der Waals surface area contributed by atoms with Gasteiger partial charge in [-0.1, -0.05) is 24.4 Å². The standard InChI is InChI=1S/C22H27ClF3N5O4S/c1-27-20(32)13-9-19(35-2)18(10-15(13)23)30-21-28-11-14(22(24,25)26)17(29-21)8-12-6-4-5-7-16(12)31-36(3,33)34/h9-12,16,31H,4-8H2,1-3H3,(H,27,32)(H,28,29,30)/t12-,16+/m0/s1. The number of halogens is 4. The van der Waals surface area contributed by atoms with Crippen molar-refractivity contribution >= 4 is 39.2 Å². The van der Waals surface area contributed by atoms with Crippen molar-refractivity contribution in [3.8, 4) is 5.75 Å². The summed E-state index contributed by atoms with van der Waals surface area (Å²) in [5.74, 6) is -0.743. The first-order valence-corrected chi connectivity index (χ1v) is 13.4. The van der Waals surface area contributed by atoms with Crippen LogP contribution in [-0.2, 0) is 22.6 Å². The van der Waals surface area contributed by atoms with Crippen molar-refractivity contribution < 1.29 is 31.1 Å². The van der Waals surface area contributed by atoms with Gasteiger partial charge >= 0.3 is 6.18 Å². The molecule has 1 fully saturated rings. The van der Waals surface area contributed by atoms with E-state index in [1.165, 1.54) is 26.3 Å². The Balaban J connectivity index is 1.96. The number of sulfonamides is 1. The van der Waals surface area contributed by atoms with E-state index < -0.39 is 33.7 Å². The summed E-state index contributed by atoms with van der Waals surface area (Å²) in [5.41, 5.74) is -0.844. The second-order valence-corrected chi connectivity index (χ2v) is 10.7. The van der Waals surface area contributed by atoms with Gasteiger partial charge < -0.3 is 15.4 Å². The molecular weight excluding hydrogens is 523 g/mol. The molecule has 14 heteroatoms. The van der Waals surface area contributed by atoms with Crippen molar-refractivity contribution in [2.75, 3.05) is 25.7 Å². The van der Waals surface area contributed by atoms with Crippen molar-refractivity contribution in [3.05, 3.63) is 40.2 Å². The van der Waals surface area contributed by atoms with E-state index in [9.17, 15) is 26.4 Å². The van der Waals surface area contributed by atoms with Crippen molar-refractivity contribution in [1.29, 1.82) is 0 Å². The highest BCUT2D eigenvalue weighted by Crippen LogP contribution is 2.37. The number of hydrogen-bond donors (Lipinski definition) is 3. The molecule has 2 atom stereocenters. The fourth-order valence-corrected chi connectivity index (χ4v) is 5.36. The Morgan fingerprint density at radius 2 is 1.94 bits per heavy atom. The van der Waals surface area contributed by atoms with Gasteiger partial charge in [0.15, 0.2) is 0 Å². The molecule has 3 rings (SSSR count). The number of nitrogens with one attached hydrogen (secondary N) is 3. The molecule has 9 nitrogen and oxygen atoms in total. The predicted molar refractivity (Wildman–Crippen MR) is 129 cm³/mol. The van der Waals surface area contributed by atoms with Gasteiger partial charge in [0.1, 0.15) is 5.75 Å². The summed E-state index contributed by atoms with van der Waals surface area (Å²) in [5, 5.41) is 5.35. The first-order valence-electron chi connectivity index (χ1n) is 11.1. The molecule has 198 valence electrons. The number of methoxy groups -OCH3 is 1. The van der Waals surface area contributed by atoms with Gasteiger partial charge in [-0.15, -0.1) is 0 Å². The predicted octanol–water partition coefficient (Wildman–Crippen LogP) is 3.91. The van der Waals surface area contributed by atoms with Crippen LogP contribution in [0.5, 0.6) is 5.75 Å². The first kappa shape index (κ1) is 27.9. The smallest absolute Gasteiger partial charge is 0.419 e. The summed E-state index contributed by atoms with van der Waals surface area (Å²) in [7, 11) is -0.730. The molecule has 0 radical (unpaired) electrons. The minimum absolute atomic E-state index is 0.0849. The van der Waals surface area contributed by atoms with Crippen LogP contribution in [0.1, 0.15) is 47.3 Å². The minimum Gasteiger partial charge on any atom is -0.495 e. The van der Waals surface area contributed by atoms with Crippen LogP contribution >= 0.6 is 11.6 Å². The molecule has 0 saturated heterocycles. The maximum atomic E-state index is 13.8. The van der Waals surface area contributed by atoms with Crippen molar-refractivity contribution in [2.45, 2.75) is 44.3 Å². The summed E-state index contributed by atoms with van der Waals surface area (Å²) in [6.07, 6.45) is -0.425. The number of amides is 1. The molecule has 36 heavy (non-hydrogen) atoms. The number of rotatable bonds is 8. The number of alkyl halides is 3. The third kappa shape index (κ3) is 6.98. The molecule has 1 amide bonds. The minimum atomic E-state index is -4.70. The average Bonchev–Trinajstić information content (AvgIpc) is 2.78. The summed E-state index contributed by atoms with van der Waals surface area (Å²) >= 11 is 6.21. The molecule has 1 aliphatic carbocycles. The van der Waals surface area contributed by atoms with E-state index >= 15 is 0 Å². The molecule has 0 spiro atoms. The number of benzene rings is 1. The SMILES string of the molecule is CNC(=O)c1cc(OC)c(Nc2ncc(C(F)(F)F)c(C[C@@H]3CCCC[C@H]3NS(C)(=O)=O)n2)cc1Cl. The summed E-state index contributed by atoms with van der Waals surface area (Å²) in [4.78, 5) is 20.0. The molecule has 1 aromatic carbocycles. The van der Waals surface area contributed by atoms with Crippen LogP contribution in [-0.4, -0.2) is 50.7 Å². The van der Waals surface area contributed by atoms with Gasteiger partial charge in [-0.05, 0) is 37.3 Å². The summed E-state index contributed by atoms with van der Waals surface area (Å²) in [6.45, 7) is 0. The third-order valence-electron chi connectivity index (χ3n) is 5.91. The zero-order valence-electron chi connectivity index (χ0n) is 19.9. The highest BCUT2D eigenvalue weighted by Gasteiger charge is 2.37. The molecule has 3 N–H and O–H groups in total. The second kappa shape index (κ2) is 11.2. The highest BCUT2D eigenvalue weighted by molar-refractivity contribution is 7.88. The van der Waals surface area contributed by atoms with Crippen molar-refractivity contribution in [2.24, 2.45) is 5.92 Å². The van der Waals surface area contributed by atoms with Crippen LogP contribution in [0.3, 0.4) is 0 Å².